The standard InChI is InChI=1S/C27H38FN5/c28-27(9-12-29-13-10-27)19-31-15-7-21(8-16-31)25-18-33(22-3-1-4-22)26-17-23(5-6-24(25)26)32-14-2-11-30-20-32/h2,5-6,14,17-18,21-22,29-30H,1,3-4,7-13,15-16,19-20H2. The molecule has 5 nitrogen and oxygen atoms in total. The Morgan fingerprint density at radius 1 is 1.03 bits per heavy atom. The molecule has 1 aromatic carbocycles. The van der Waals surface area contributed by atoms with Crippen LogP contribution in [0.1, 0.15) is 62.5 Å². The summed E-state index contributed by atoms with van der Waals surface area (Å²) in [5.74, 6) is 0.580. The van der Waals surface area contributed by atoms with E-state index in [9.17, 15) is 0 Å². The highest BCUT2D eigenvalue weighted by atomic mass is 19.1. The summed E-state index contributed by atoms with van der Waals surface area (Å²) in [6, 6.07) is 7.69. The van der Waals surface area contributed by atoms with Crippen LogP contribution in [0.15, 0.2) is 36.7 Å². The maximum absolute atomic E-state index is 15.2. The first-order valence-corrected chi connectivity index (χ1v) is 13.1. The number of nitrogens with zero attached hydrogens (tertiary/aromatic N) is 3. The Hall–Kier alpha value is -1.89. The van der Waals surface area contributed by atoms with Gasteiger partial charge in [-0.2, -0.15) is 0 Å². The third kappa shape index (κ3) is 4.33. The zero-order valence-electron chi connectivity index (χ0n) is 19.7. The Kier molecular flexibility index (Phi) is 5.93. The van der Waals surface area contributed by atoms with Crippen LogP contribution in [-0.4, -0.2) is 61.1 Å². The van der Waals surface area contributed by atoms with Crippen molar-refractivity contribution in [3.05, 3.63) is 42.2 Å². The Labute approximate surface area is 197 Å². The number of fused-ring (bicyclic) bond motifs is 1. The predicted octanol–water partition coefficient (Wildman–Crippen LogP) is 4.52. The van der Waals surface area contributed by atoms with Crippen LogP contribution in [-0.2, 0) is 0 Å². The minimum atomic E-state index is -0.994. The molecule has 178 valence electrons. The first-order chi connectivity index (χ1) is 16.2. The summed E-state index contributed by atoms with van der Waals surface area (Å²) in [6.07, 6.45) is 14.4. The van der Waals surface area contributed by atoms with Crippen LogP contribution in [0.2, 0.25) is 0 Å². The van der Waals surface area contributed by atoms with E-state index in [4.69, 9.17) is 0 Å². The molecule has 6 rings (SSSR count). The van der Waals surface area contributed by atoms with Gasteiger partial charge in [-0.25, -0.2) is 4.39 Å². The molecule has 6 heteroatoms. The third-order valence-corrected chi connectivity index (χ3v) is 8.51. The number of alkyl halides is 1. The molecule has 2 aromatic rings. The molecule has 0 unspecified atom stereocenters. The maximum Gasteiger partial charge on any atom is 0.126 e. The zero-order chi connectivity index (χ0) is 22.3. The van der Waals surface area contributed by atoms with Gasteiger partial charge in [0.2, 0.25) is 0 Å². The van der Waals surface area contributed by atoms with Crippen LogP contribution in [0.5, 0.6) is 0 Å². The van der Waals surface area contributed by atoms with Crippen LogP contribution < -0.4 is 15.5 Å². The predicted molar refractivity (Wildman–Crippen MR) is 134 cm³/mol. The van der Waals surface area contributed by atoms with Crippen molar-refractivity contribution < 1.29 is 4.39 Å². The number of hydrogen-bond donors (Lipinski definition) is 2. The van der Waals surface area contributed by atoms with Gasteiger partial charge in [0.1, 0.15) is 5.67 Å². The second-order valence-electron chi connectivity index (χ2n) is 10.7. The third-order valence-electron chi connectivity index (χ3n) is 8.51. The second-order valence-corrected chi connectivity index (χ2v) is 10.7. The molecule has 4 heterocycles. The van der Waals surface area contributed by atoms with Crippen LogP contribution >= 0.6 is 0 Å². The second kappa shape index (κ2) is 9.05. The summed E-state index contributed by atoms with van der Waals surface area (Å²) in [4.78, 5) is 4.69. The van der Waals surface area contributed by atoms with Gasteiger partial charge in [0.05, 0.1) is 12.2 Å². The highest BCUT2D eigenvalue weighted by molar-refractivity contribution is 5.88. The van der Waals surface area contributed by atoms with Crippen LogP contribution in [0.3, 0.4) is 0 Å². The van der Waals surface area contributed by atoms with E-state index in [0.29, 0.717) is 31.3 Å². The number of piperidine rings is 2. The summed E-state index contributed by atoms with van der Waals surface area (Å²) in [5, 5.41) is 8.16. The Bertz CT molecular complexity index is 995. The fraction of sp³-hybridized carbons (Fsp3) is 0.630. The van der Waals surface area contributed by atoms with E-state index in [1.54, 1.807) is 0 Å². The van der Waals surface area contributed by atoms with E-state index >= 15 is 4.39 Å². The summed E-state index contributed by atoms with van der Waals surface area (Å²) in [7, 11) is 0. The molecule has 0 spiro atoms. The van der Waals surface area contributed by atoms with E-state index in [1.165, 1.54) is 41.4 Å². The molecule has 0 atom stereocenters. The molecule has 0 bridgehead atoms. The van der Waals surface area contributed by atoms with E-state index < -0.39 is 5.67 Å². The highest BCUT2D eigenvalue weighted by Gasteiger charge is 2.35. The van der Waals surface area contributed by atoms with Gasteiger partial charge in [0, 0.05) is 42.6 Å². The maximum atomic E-state index is 15.2. The average molecular weight is 452 g/mol. The van der Waals surface area contributed by atoms with Gasteiger partial charge in [-0.05, 0) is 94.7 Å². The minimum Gasteiger partial charge on any atom is -0.344 e. The van der Waals surface area contributed by atoms with Crippen molar-refractivity contribution in [3.63, 3.8) is 0 Å². The molecule has 0 amide bonds. The monoisotopic (exact) mass is 451 g/mol. The lowest BCUT2D eigenvalue weighted by Gasteiger charge is -2.38. The Morgan fingerprint density at radius 2 is 1.85 bits per heavy atom. The van der Waals surface area contributed by atoms with Crippen LogP contribution in [0, 0.1) is 0 Å². The smallest absolute Gasteiger partial charge is 0.126 e. The van der Waals surface area contributed by atoms with Crippen molar-refractivity contribution in [1.82, 2.24) is 20.1 Å². The van der Waals surface area contributed by atoms with E-state index in [-0.39, 0.29) is 0 Å². The molecule has 2 saturated heterocycles. The lowest BCUT2D eigenvalue weighted by molar-refractivity contribution is 0.0510. The number of rotatable bonds is 5. The van der Waals surface area contributed by atoms with Crippen molar-refractivity contribution in [2.45, 2.75) is 62.6 Å². The largest absolute Gasteiger partial charge is 0.344 e. The van der Waals surface area contributed by atoms with Gasteiger partial charge in [-0.3, -0.25) is 5.32 Å². The molecule has 2 N–H and O–H groups in total. The minimum absolute atomic E-state index is 0.580. The number of halogens is 1. The number of likely N-dealkylation sites (tertiary alicyclic amines) is 1. The molecule has 33 heavy (non-hydrogen) atoms. The molecule has 4 aliphatic rings. The summed E-state index contributed by atoms with van der Waals surface area (Å²) in [6.45, 7) is 6.10. The van der Waals surface area contributed by atoms with Crippen molar-refractivity contribution >= 4 is 16.6 Å². The number of hydrogen-bond acceptors (Lipinski definition) is 4. The summed E-state index contributed by atoms with van der Waals surface area (Å²) in [5.41, 5.74) is 3.19. The normalized spacial score (nSPS) is 24.9. The van der Waals surface area contributed by atoms with Gasteiger partial charge >= 0.3 is 0 Å². The number of benzene rings is 1. The summed E-state index contributed by atoms with van der Waals surface area (Å²) >= 11 is 0. The first kappa shape index (κ1) is 21.6. The zero-order valence-corrected chi connectivity index (χ0v) is 19.7. The van der Waals surface area contributed by atoms with Gasteiger partial charge in [-0.1, -0.05) is 12.1 Å². The molecule has 1 aliphatic carbocycles. The van der Waals surface area contributed by atoms with Crippen LogP contribution in [0.25, 0.3) is 10.9 Å². The van der Waals surface area contributed by atoms with Crippen molar-refractivity contribution in [2.24, 2.45) is 0 Å². The fourth-order valence-corrected chi connectivity index (χ4v) is 6.25. The first-order valence-electron chi connectivity index (χ1n) is 13.1. The van der Waals surface area contributed by atoms with Crippen molar-refractivity contribution in [1.29, 1.82) is 0 Å². The Morgan fingerprint density at radius 3 is 2.55 bits per heavy atom. The lowest BCUT2D eigenvalue weighted by atomic mass is 9.87. The molecule has 0 radical (unpaired) electrons. The van der Waals surface area contributed by atoms with Crippen LogP contribution in [0.4, 0.5) is 10.1 Å². The molecular weight excluding hydrogens is 413 g/mol. The highest BCUT2D eigenvalue weighted by Crippen LogP contribution is 2.41. The van der Waals surface area contributed by atoms with Crippen molar-refractivity contribution in [2.75, 3.05) is 50.8 Å². The van der Waals surface area contributed by atoms with Crippen molar-refractivity contribution in [3.8, 4) is 0 Å². The van der Waals surface area contributed by atoms with Gasteiger partial charge in [0.15, 0.2) is 0 Å². The fourth-order valence-electron chi connectivity index (χ4n) is 6.25. The molecule has 1 aromatic heterocycles. The van der Waals surface area contributed by atoms with E-state index in [0.717, 1.165) is 52.2 Å². The van der Waals surface area contributed by atoms with E-state index in [2.05, 4.69) is 61.7 Å². The molecular formula is C27H38FN5. The van der Waals surface area contributed by atoms with Gasteiger partial charge in [0.25, 0.3) is 0 Å². The molecule has 3 fully saturated rings. The molecule has 1 saturated carbocycles. The Balaban J connectivity index is 1.22. The number of nitrogens with one attached hydrogen (secondary N) is 2. The number of aromatic nitrogens is 1. The SMILES string of the molecule is FC1(CN2CCC(c3cn(C4CCC4)c4cc(N5C=CCNC5)ccc34)CC2)CCNCC1. The van der Waals surface area contributed by atoms with Gasteiger partial charge < -0.3 is 19.7 Å². The molecule has 3 aliphatic heterocycles. The topological polar surface area (TPSA) is 35.5 Å². The average Bonchev–Trinajstić information content (AvgIpc) is 3.18. The lowest BCUT2D eigenvalue weighted by Crippen LogP contribution is -2.48. The quantitative estimate of drug-likeness (QED) is 0.701. The summed E-state index contributed by atoms with van der Waals surface area (Å²) < 4.78 is 17.8. The number of anilines is 1. The van der Waals surface area contributed by atoms with Gasteiger partial charge in [-0.15, -0.1) is 0 Å². The van der Waals surface area contributed by atoms with E-state index in [1.807, 2.05) is 0 Å².